The van der Waals surface area contributed by atoms with Gasteiger partial charge in [-0.1, -0.05) is 0 Å². The molecule has 1 aromatic heterocycles. The molecule has 0 spiro atoms. The molecule has 124 valence electrons. The maximum Gasteiger partial charge on any atom is 0.469 e. The van der Waals surface area contributed by atoms with Gasteiger partial charge < -0.3 is 19.6 Å². The molecule has 0 amide bonds. The first-order chi connectivity index (χ1) is 10.0. The standard InChI is InChI=1S/C9H11F2N2O8P/c10-9(11)6(15)4(3-20-22(17,18)19)21-7(9)13-2-1-5(14)12-8(13)16/h1-2,4,6-7,15H,3H2,(H,12,14,16)(H2,17,18,19)/t4-,6-,7-/m1/s1. The van der Waals surface area contributed by atoms with Crippen LogP contribution in [0.25, 0.3) is 0 Å². The van der Waals surface area contributed by atoms with E-state index in [1.807, 2.05) is 0 Å². The summed E-state index contributed by atoms with van der Waals surface area (Å²) >= 11 is 0. The fraction of sp³-hybridized carbons (Fsp3) is 0.556. The van der Waals surface area contributed by atoms with Crippen molar-refractivity contribution in [2.24, 2.45) is 0 Å². The van der Waals surface area contributed by atoms with Crippen molar-refractivity contribution in [3.05, 3.63) is 33.1 Å². The van der Waals surface area contributed by atoms with E-state index in [0.717, 1.165) is 12.3 Å². The number of hydrogen-bond acceptors (Lipinski definition) is 6. The lowest BCUT2D eigenvalue weighted by Crippen LogP contribution is -2.42. The van der Waals surface area contributed by atoms with Crippen molar-refractivity contribution in [2.75, 3.05) is 6.61 Å². The molecule has 0 aromatic carbocycles. The van der Waals surface area contributed by atoms with Gasteiger partial charge >= 0.3 is 19.4 Å². The van der Waals surface area contributed by atoms with Gasteiger partial charge in [0.05, 0.1) is 6.61 Å². The van der Waals surface area contributed by atoms with E-state index in [9.17, 15) is 28.0 Å². The molecule has 3 atom stereocenters. The molecule has 2 heterocycles. The quantitative estimate of drug-likeness (QED) is 0.484. The highest BCUT2D eigenvalue weighted by Crippen LogP contribution is 2.44. The van der Waals surface area contributed by atoms with E-state index in [1.54, 1.807) is 4.98 Å². The van der Waals surface area contributed by atoms with Crippen LogP contribution >= 0.6 is 7.82 Å². The van der Waals surface area contributed by atoms with E-state index in [2.05, 4.69) is 4.52 Å². The third-order valence-corrected chi connectivity index (χ3v) is 3.38. The number of hydrogen-bond donors (Lipinski definition) is 4. The van der Waals surface area contributed by atoms with Crippen molar-refractivity contribution < 1.29 is 37.5 Å². The second-order valence-electron chi connectivity index (χ2n) is 4.45. The van der Waals surface area contributed by atoms with Crippen molar-refractivity contribution >= 4 is 7.82 Å². The number of halogens is 2. The molecule has 10 nitrogen and oxygen atoms in total. The van der Waals surface area contributed by atoms with E-state index < -0.39 is 50.0 Å². The highest BCUT2D eigenvalue weighted by molar-refractivity contribution is 7.46. The number of phosphoric ester groups is 1. The molecule has 13 heteroatoms. The van der Waals surface area contributed by atoms with Crippen LogP contribution in [0.1, 0.15) is 6.23 Å². The molecule has 1 aliphatic heterocycles. The van der Waals surface area contributed by atoms with Crippen LogP contribution in [0.15, 0.2) is 21.9 Å². The first-order valence-corrected chi connectivity index (χ1v) is 7.28. The molecule has 0 aliphatic carbocycles. The molecule has 1 saturated heterocycles. The van der Waals surface area contributed by atoms with Crippen molar-refractivity contribution in [3.63, 3.8) is 0 Å². The molecule has 1 aromatic rings. The molecule has 2 rings (SSSR count). The van der Waals surface area contributed by atoms with Crippen molar-refractivity contribution in [1.82, 2.24) is 9.55 Å². The Morgan fingerprint density at radius 1 is 1.45 bits per heavy atom. The van der Waals surface area contributed by atoms with E-state index in [0.29, 0.717) is 4.57 Å². The number of aromatic amines is 1. The number of nitrogens with zero attached hydrogens (tertiary/aromatic N) is 1. The molecule has 1 aliphatic rings. The van der Waals surface area contributed by atoms with Crippen LogP contribution in [0.5, 0.6) is 0 Å². The summed E-state index contributed by atoms with van der Waals surface area (Å²) in [6.45, 7) is -1.02. The largest absolute Gasteiger partial charge is 0.469 e. The first-order valence-electron chi connectivity index (χ1n) is 5.75. The van der Waals surface area contributed by atoms with Crippen LogP contribution in [0.4, 0.5) is 8.78 Å². The Morgan fingerprint density at radius 2 is 2.09 bits per heavy atom. The van der Waals surface area contributed by atoms with Gasteiger partial charge in [-0.25, -0.2) is 9.36 Å². The van der Waals surface area contributed by atoms with Crippen LogP contribution in [0, 0.1) is 0 Å². The second kappa shape index (κ2) is 5.65. The maximum absolute atomic E-state index is 14.0. The molecule has 0 unspecified atom stereocenters. The van der Waals surface area contributed by atoms with E-state index in [1.165, 1.54) is 0 Å². The molecule has 0 saturated carbocycles. The summed E-state index contributed by atoms with van der Waals surface area (Å²) in [6.07, 6.45) is -5.77. The zero-order chi connectivity index (χ0) is 16.7. The third-order valence-electron chi connectivity index (χ3n) is 2.89. The Balaban J connectivity index is 2.28. The number of aliphatic hydroxyl groups excluding tert-OH is 1. The summed E-state index contributed by atoms with van der Waals surface area (Å²) in [5, 5.41) is 9.50. The van der Waals surface area contributed by atoms with Crippen LogP contribution in [-0.4, -0.2) is 49.2 Å². The summed E-state index contributed by atoms with van der Waals surface area (Å²) in [5.41, 5.74) is -2.01. The lowest BCUT2D eigenvalue weighted by atomic mass is 10.1. The van der Waals surface area contributed by atoms with Crippen LogP contribution in [0.2, 0.25) is 0 Å². The van der Waals surface area contributed by atoms with Gasteiger partial charge in [-0.05, 0) is 0 Å². The highest BCUT2D eigenvalue weighted by Gasteiger charge is 2.59. The molecule has 1 fully saturated rings. The fourth-order valence-corrected chi connectivity index (χ4v) is 2.23. The van der Waals surface area contributed by atoms with Crippen LogP contribution in [0.3, 0.4) is 0 Å². The third kappa shape index (κ3) is 3.32. The summed E-state index contributed by atoms with van der Waals surface area (Å²) in [6, 6.07) is 0.798. The minimum absolute atomic E-state index is 0.349. The number of nitrogens with one attached hydrogen (secondary N) is 1. The maximum atomic E-state index is 14.0. The van der Waals surface area contributed by atoms with Gasteiger partial charge in [0.2, 0.25) is 6.23 Å². The van der Waals surface area contributed by atoms with E-state index in [-0.39, 0.29) is 0 Å². The number of phosphoric acid groups is 1. The Labute approximate surface area is 120 Å². The average molecular weight is 344 g/mol. The van der Waals surface area contributed by atoms with Crippen LogP contribution in [-0.2, 0) is 13.8 Å². The summed E-state index contributed by atoms with van der Waals surface area (Å²) in [4.78, 5) is 41.2. The molecule has 0 radical (unpaired) electrons. The second-order valence-corrected chi connectivity index (χ2v) is 5.69. The Hall–Kier alpha value is -1.43. The smallest absolute Gasteiger partial charge is 0.384 e. The predicted octanol–water partition coefficient (Wildman–Crippen LogP) is -1.46. The molecule has 0 bridgehead atoms. The number of alkyl halides is 2. The topological polar surface area (TPSA) is 151 Å². The van der Waals surface area contributed by atoms with Crippen molar-refractivity contribution in [2.45, 2.75) is 24.4 Å². The van der Waals surface area contributed by atoms with E-state index >= 15 is 0 Å². The Kier molecular flexibility index (Phi) is 4.35. The van der Waals surface area contributed by atoms with Gasteiger partial charge in [0, 0.05) is 12.3 Å². The van der Waals surface area contributed by atoms with Gasteiger partial charge in [0.1, 0.15) is 6.10 Å². The highest BCUT2D eigenvalue weighted by atomic mass is 31.2. The zero-order valence-electron chi connectivity index (χ0n) is 10.6. The predicted molar refractivity (Wildman–Crippen MR) is 64.2 cm³/mol. The minimum atomic E-state index is -4.95. The van der Waals surface area contributed by atoms with Gasteiger partial charge in [-0.2, -0.15) is 8.78 Å². The number of rotatable bonds is 4. The Morgan fingerprint density at radius 3 is 2.64 bits per heavy atom. The molecule has 4 N–H and O–H groups in total. The summed E-state index contributed by atoms with van der Waals surface area (Å²) in [5.74, 6) is -3.95. The van der Waals surface area contributed by atoms with Crippen LogP contribution < -0.4 is 11.2 Å². The minimum Gasteiger partial charge on any atom is -0.384 e. The van der Waals surface area contributed by atoms with Gasteiger partial charge in [0.25, 0.3) is 5.56 Å². The normalized spacial score (nSPS) is 28.0. The molecule has 22 heavy (non-hydrogen) atoms. The molecular formula is C9H11F2N2O8P. The number of ether oxygens (including phenoxy) is 1. The lowest BCUT2D eigenvalue weighted by Gasteiger charge is -2.20. The summed E-state index contributed by atoms with van der Waals surface area (Å²) < 4.78 is 47.6. The first kappa shape index (κ1) is 16.9. The van der Waals surface area contributed by atoms with Gasteiger partial charge in [-0.3, -0.25) is 18.9 Å². The van der Waals surface area contributed by atoms with Gasteiger partial charge in [0.15, 0.2) is 6.10 Å². The average Bonchev–Trinajstić information content (AvgIpc) is 2.59. The molecular weight excluding hydrogens is 333 g/mol. The van der Waals surface area contributed by atoms with Crippen molar-refractivity contribution in [3.8, 4) is 0 Å². The zero-order valence-corrected chi connectivity index (χ0v) is 11.5. The number of aliphatic hydroxyl groups is 1. The Bertz CT molecular complexity index is 712. The fourth-order valence-electron chi connectivity index (χ4n) is 1.89. The summed E-state index contributed by atoms with van der Waals surface area (Å²) in [7, 11) is -4.95. The van der Waals surface area contributed by atoms with Gasteiger partial charge in [-0.15, -0.1) is 0 Å². The number of aromatic nitrogens is 2. The van der Waals surface area contributed by atoms with Crippen molar-refractivity contribution in [1.29, 1.82) is 0 Å². The van der Waals surface area contributed by atoms with E-state index in [4.69, 9.17) is 14.5 Å². The number of H-pyrrole nitrogens is 1. The monoisotopic (exact) mass is 344 g/mol. The SMILES string of the molecule is O=c1ccn([C@@H]2O[C@H](COP(=O)(O)O)[C@@H](O)C2(F)F)c(=O)[nH]1. The lowest BCUT2D eigenvalue weighted by molar-refractivity contribution is -0.141.